The van der Waals surface area contributed by atoms with Gasteiger partial charge in [0.05, 0.1) is 5.54 Å². The monoisotopic (exact) mass is 356 g/mol. The van der Waals surface area contributed by atoms with Gasteiger partial charge in [-0.15, -0.1) is 12.4 Å². The maximum atomic E-state index is 12.1. The molecular weight excluding hydrogens is 328 g/mol. The normalized spacial score (nSPS) is 17.7. The Hall–Kier alpha value is -1.44. The van der Waals surface area contributed by atoms with E-state index >= 15 is 0 Å². The summed E-state index contributed by atoms with van der Waals surface area (Å²) in [6.45, 7) is 9.02. The van der Waals surface area contributed by atoms with Gasteiger partial charge in [0, 0.05) is 51.7 Å². The Morgan fingerprint density at radius 3 is 2.50 bits per heavy atom. The number of rotatable bonds is 7. The fraction of sp³-hybridized carbons (Fsp3) is 0.688. The Morgan fingerprint density at radius 1 is 1.29 bits per heavy atom. The van der Waals surface area contributed by atoms with Gasteiger partial charge in [0.2, 0.25) is 11.9 Å². The van der Waals surface area contributed by atoms with E-state index in [4.69, 9.17) is 5.73 Å². The lowest BCUT2D eigenvalue weighted by molar-refractivity contribution is -0.126. The van der Waals surface area contributed by atoms with Crippen LogP contribution in [-0.4, -0.2) is 65.6 Å². The van der Waals surface area contributed by atoms with Crippen molar-refractivity contribution >= 4 is 24.3 Å². The highest BCUT2D eigenvalue weighted by Gasteiger charge is 2.27. The van der Waals surface area contributed by atoms with Gasteiger partial charge in [-0.25, -0.2) is 9.97 Å². The predicted octanol–water partition coefficient (Wildman–Crippen LogP) is 0.654. The Labute approximate surface area is 150 Å². The SMILES string of the molecule is CCCC(C)(N)C(=O)NCCN1CCN(c2ncccn2)CC1.Cl. The van der Waals surface area contributed by atoms with Crippen LogP contribution in [0.5, 0.6) is 0 Å². The molecular formula is C16H29ClN6O. The molecule has 2 rings (SSSR count). The van der Waals surface area contributed by atoms with Crippen molar-refractivity contribution in [1.82, 2.24) is 20.2 Å². The number of nitrogens with two attached hydrogens (primary N) is 1. The lowest BCUT2D eigenvalue weighted by atomic mass is 9.96. The van der Waals surface area contributed by atoms with Gasteiger partial charge < -0.3 is 16.0 Å². The molecule has 1 fully saturated rings. The highest BCUT2D eigenvalue weighted by atomic mass is 35.5. The summed E-state index contributed by atoms with van der Waals surface area (Å²) in [7, 11) is 0. The van der Waals surface area contributed by atoms with E-state index in [1.165, 1.54) is 0 Å². The molecule has 2 heterocycles. The van der Waals surface area contributed by atoms with Crippen molar-refractivity contribution in [2.45, 2.75) is 32.2 Å². The van der Waals surface area contributed by atoms with Gasteiger partial charge in [0.15, 0.2) is 0 Å². The van der Waals surface area contributed by atoms with Crippen molar-refractivity contribution in [3.05, 3.63) is 18.5 Å². The number of nitrogens with zero attached hydrogens (tertiary/aromatic N) is 4. The molecule has 1 atom stereocenters. The molecule has 1 saturated heterocycles. The molecule has 1 aliphatic heterocycles. The number of halogens is 1. The second-order valence-corrected chi connectivity index (χ2v) is 6.30. The van der Waals surface area contributed by atoms with Gasteiger partial charge in [0.1, 0.15) is 0 Å². The topological polar surface area (TPSA) is 87.4 Å². The van der Waals surface area contributed by atoms with E-state index in [1.807, 2.05) is 13.0 Å². The molecule has 0 aliphatic carbocycles. The number of hydrogen-bond acceptors (Lipinski definition) is 6. The quantitative estimate of drug-likeness (QED) is 0.746. The molecule has 8 heteroatoms. The zero-order chi connectivity index (χ0) is 16.7. The number of amides is 1. The summed E-state index contributed by atoms with van der Waals surface area (Å²) in [5, 5.41) is 2.95. The molecule has 1 aromatic rings. The third-order valence-corrected chi connectivity index (χ3v) is 4.21. The minimum atomic E-state index is -0.766. The van der Waals surface area contributed by atoms with Crippen molar-refractivity contribution < 1.29 is 4.79 Å². The fourth-order valence-electron chi connectivity index (χ4n) is 2.79. The molecule has 1 amide bonds. The summed E-state index contributed by atoms with van der Waals surface area (Å²) in [6.07, 6.45) is 5.15. The summed E-state index contributed by atoms with van der Waals surface area (Å²) in [4.78, 5) is 25.1. The highest BCUT2D eigenvalue weighted by molar-refractivity contribution is 5.85. The maximum absolute atomic E-state index is 12.1. The van der Waals surface area contributed by atoms with Crippen LogP contribution in [0, 0.1) is 0 Å². The summed E-state index contributed by atoms with van der Waals surface area (Å²) in [5.41, 5.74) is 5.26. The van der Waals surface area contributed by atoms with Gasteiger partial charge >= 0.3 is 0 Å². The van der Waals surface area contributed by atoms with Gasteiger partial charge in [-0.1, -0.05) is 13.3 Å². The van der Waals surface area contributed by atoms with Crippen molar-refractivity contribution in [3.63, 3.8) is 0 Å². The molecule has 0 radical (unpaired) electrons. The van der Waals surface area contributed by atoms with Crippen LogP contribution < -0.4 is 16.0 Å². The van der Waals surface area contributed by atoms with Crippen molar-refractivity contribution in [2.75, 3.05) is 44.2 Å². The molecule has 0 saturated carbocycles. The highest BCUT2D eigenvalue weighted by Crippen LogP contribution is 2.10. The zero-order valence-electron chi connectivity index (χ0n) is 14.6. The Balaban J connectivity index is 0.00000288. The van der Waals surface area contributed by atoms with Crippen LogP contribution in [-0.2, 0) is 4.79 Å². The van der Waals surface area contributed by atoms with Crippen LogP contribution in [0.25, 0.3) is 0 Å². The van der Waals surface area contributed by atoms with Crippen molar-refractivity contribution in [2.24, 2.45) is 5.73 Å². The van der Waals surface area contributed by atoms with Crippen molar-refractivity contribution in [3.8, 4) is 0 Å². The van der Waals surface area contributed by atoms with Crippen LogP contribution in [0.2, 0.25) is 0 Å². The van der Waals surface area contributed by atoms with Gasteiger partial charge in [-0.05, 0) is 19.4 Å². The number of anilines is 1. The Bertz CT molecular complexity index is 491. The standard InChI is InChI=1S/C16H28N6O.ClH/c1-3-5-16(2,17)14(23)18-8-9-21-10-12-22(13-11-21)15-19-6-4-7-20-15;/h4,6-7H,3,5,8-13,17H2,1-2H3,(H,18,23);1H. The van der Waals surface area contributed by atoms with E-state index in [-0.39, 0.29) is 18.3 Å². The average Bonchev–Trinajstić information content (AvgIpc) is 2.56. The second-order valence-electron chi connectivity index (χ2n) is 6.30. The molecule has 24 heavy (non-hydrogen) atoms. The number of carbonyl (C=O) groups is 1. The van der Waals surface area contributed by atoms with Gasteiger partial charge in [-0.2, -0.15) is 0 Å². The summed E-state index contributed by atoms with van der Waals surface area (Å²) >= 11 is 0. The van der Waals surface area contributed by atoms with Crippen LogP contribution in [0.1, 0.15) is 26.7 Å². The molecule has 1 unspecified atom stereocenters. The summed E-state index contributed by atoms with van der Waals surface area (Å²) in [6, 6.07) is 1.83. The first-order valence-corrected chi connectivity index (χ1v) is 8.34. The lowest BCUT2D eigenvalue weighted by Crippen LogP contribution is -2.54. The first kappa shape index (κ1) is 20.6. The molecule has 0 spiro atoms. The number of carbonyl (C=O) groups excluding carboxylic acids is 1. The van der Waals surface area contributed by atoms with Crippen LogP contribution in [0.15, 0.2) is 18.5 Å². The first-order valence-electron chi connectivity index (χ1n) is 8.34. The minimum Gasteiger partial charge on any atom is -0.353 e. The number of nitrogens with one attached hydrogen (secondary N) is 1. The molecule has 0 aromatic carbocycles. The molecule has 1 aliphatic rings. The van der Waals surface area contributed by atoms with Crippen LogP contribution in [0.4, 0.5) is 5.95 Å². The average molecular weight is 357 g/mol. The predicted molar refractivity (Wildman–Crippen MR) is 98.4 cm³/mol. The molecule has 1 aromatic heterocycles. The van der Waals surface area contributed by atoms with E-state index in [9.17, 15) is 4.79 Å². The number of piperazine rings is 1. The molecule has 7 nitrogen and oxygen atoms in total. The molecule has 3 N–H and O–H groups in total. The van der Waals surface area contributed by atoms with E-state index in [2.05, 4.69) is 25.1 Å². The van der Waals surface area contributed by atoms with Gasteiger partial charge in [-0.3, -0.25) is 9.69 Å². The Morgan fingerprint density at radius 2 is 1.92 bits per heavy atom. The lowest BCUT2D eigenvalue weighted by Gasteiger charge is -2.34. The Kier molecular flexibility index (Phi) is 8.38. The summed E-state index contributed by atoms with van der Waals surface area (Å²) in [5.74, 6) is 0.731. The van der Waals surface area contributed by atoms with E-state index < -0.39 is 5.54 Å². The van der Waals surface area contributed by atoms with Gasteiger partial charge in [0.25, 0.3) is 0 Å². The fourth-order valence-corrected chi connectivity index (χ4v) is 2.79. The largest absolute Gasteiger partial charge is 0.353 e. The second kappa shape index (κ2) is 9.76. The van der Waals surface area contributed by atoms with Crippen molar-refractivity contribution in [1.29, 1.82) is 0 Å². The van der Waals surface area contributed by atoms with E-state index in [1.54, 1.807) is 19.3 Å². The molecule has 0 bridgehead atoms. The minimum absolute atomic E-state index is 0. The third-order valence-electron chi connectivity index (χ3n) is 4.21. The maximum Gasteiger partial charge on any atom is 0.239 e. The number of aromatic nitrogens is 2. The first-order chi connectivity index (χ1) is 11.0. The van der Waals surface area contributed by atoms with Crippen LogP contribution in [0.3, 0.4) is 0 Å². The third kappa shape index (κ3) is 5.89. The van der Waals surface area contributed by atoms with Crippen LogP contribution >= 0.6 is 12.4 Å². The molecule has 136 valence electrons. The summed E-state index contributed by atoms with van der Waals surface area (Å²) < 4.78 is 0. The zero-order valence-corrected chi connectivity index (χ0v) is 15.4. The van der Waals surface area contributed by atoms with E-state index in [0.717, 1.165) is 45.1 Å². The smallest absolute Gasteiger partial charge is 0.239 e. The van der Waals surface area contributed by atoms with E-state index in [0.29, 0.717) is 13.0 Å². The number of hydrogen-bond donors (Lipinski definition) is 2.